The van der Waals surface area contributed by atoms with Gasteiger partial charge >= 0.3 is 0 Å². The van der Waals surface area contributed by atoms with E-state index >= 15 is 0 Å². The van der Waals surface area contributed by atoms with Crippen LogP contribution in [0.3, 0.4) is 0 Å². The highest BCUT2D eigenvalue weighted by atomic mass is 35.5. The highest BCUT2D eigenvalue weighted by Crippen LogP contribution is 2.26. The number of nitrogens with one attached hydrogen (secondary N) is 1. The molecule has 0 bridgehead atoms. The molecule has 0 radical (unpaired) electrons. The first kappa shape index (κ1) is 13.7. The van der Waals surface area contributed by atoms with Crippen molar-refractivity contribution >= 4 is 29.1 Å². The lowest BCUT2D eigenvalue weighted by Crippen LogP contribution is -2.36. The van der Waals surface area contributed by atoms with Crippen molar-refractivity contribution in [1.82, 2.24) is 5.32 Å². The van der Waals surface area contributed by atoms with Crippen LogP contribution >= 0.6 is 23.2 Å². The summed E-state index contributed by atoms with van der Waals surface area (Å²) >= 11 is 11.6. The van der Waals surface area contributed by atoms with E-state index in [0.29, 0.717) is 15.8 Å². The molecule has 0 aliphatic carbocycles. The third-order valence-electron chi connectivity index (χ3n) is 1.94. The Kier molecular flexibility index (Phi) is 5.14. The molecule has 1 aromatic rings. The van der Waals surface area contributed by atoms with Gasteiger partial charge in [0.15, 0.2) is 6.10 Å². The molecule has 1 unspecified atom stereocenters. The molecule has 17 heavy (non-hydrogen) atoms. The Balaban J connectivity index is 2.62. The molecular formula is C12H11Cl2NO2. The van der Waals surface area contributed by atoms with Gasteiger partial charge in [-0.25, -0.2) is 0 Å². The fraction of sp³-hybridized carbons (Fsp3) is 0.250. The van der Waals surface area contributed by atoms with E-state index in [1.54, 1.807) is 25.1 Å². The van der Waals surface area contributed by atoms with Gasteiger partial charge in [0.05, 0.1) is 16.6 Å². The van der Waals surface area contributed by atoms with Gasteiger partial charge in [0.2, 0.25) is 0 Å². The number of amides is 1. The fourth-order valence-electron chi connectivity index (χ4n) is 1.09. The molecule has 90 valence electrons. The third kappa shape index (κ3) is 4.18. The second-order valence-electron chi connectivity index (χ2n) is 3.26. The Morgan fingerprint density at radius 1 is 1.53 bits per heavy atom. The zero-order valence-corrected chi connectivity index (χ0v) is 10.7. The molecule has 0 aromatic heterocycles. The molecule has 1 aromatic carbocycles. The van der Waals surface area contributed by atoms with Gasteiger partial charge in [-0.05, 0) is 19.1 Å². The quantitative estimate of drug-likeness (QED) is 0.855. The zero-order chi connectivity index (χ0) is 12.8. The lowest BCUT2D eigenvalue weighted by molar-refractivity contribution is -0.126. The SMILES string of the molecule is C#CCNC(=O)C(C)Oc1ccc(Cl)c(Cl)c1. The largest absolute Gasteiger partial charge is 0.481 e. The molecule has 1 rings (SSSR count). The minimum Gasteiger partial charge on any atom is -0.481 e. The minimum absolute atomic E-state index is 0.175. The Bertz CT molecular complexity index is 454. The van der Waals surface area contributed by atoms with E-state index in [1.165, 1.54) is 0 Å². The average Bonchev–Trinajstić information content (AvgIpc) is 2.30. The normalized spacial score (nSPS) is 11.4. The Morgan fingerprint density at radius 3 is 2.82 bits per heavy atom. The molecule has 0 saturated heterocycles. The maximum atomic E-state index is 11.5. The van der Waals surface area contributed by atoms with Crippen LogP contribution in [0.25, 0.3) is 0 Å². The van der Waals surface area contributed by atoms with Crippen LogP contribution in [0.4, 0.5) is 0 Å². The summed E-state index contributed by atoms with van der Waals surface area (Å²) in [6.45, 7) is 1.79. The second-order valence-corrected chi connectivity index (χ2v) is 4.07. The maximum Gasteiger partial charge on any atom is 0.261 e. The number of hydrogen-bond donors (Lipinski definition) is 1. The molecule has 0 saturated carbocycles. The number of halogens is 2. The van der Waals surface area contributed by atoms with E-state index in [2.05, 4.69) is 11.2 Å². The molecule has 0 spiro atoms. The summed E-state index contributed by atoms with van der Waals surface area (Å²) in [4.78, 5) is 11.5. The first-order chi connectivity index (χ1) is 8.04. The second kappa shape index (κ2) is 6.39. The molecule has 0 aliphatic heterocycles. The molecule has 1 N–H and O–H groups in total. The molecule has 1 amide bonds. The van der Waals surface area contributed by atoms with Crippen LogP contribution in [0, 0.1) is 12.3 Å². The smallest absolute Gasteiger partial charge is 0.261 e. The van der Waals surface area contributed by atoms with Gasteiger partial charge in [0, 0.05) is 6.07 Å². The Morgan fingerprint density at radius 2 is 2.24 bits per heavy atom. The lowest BCUT2D eigenvalue weighted by atomic mass is 10.3. The van der Waals surface area contributed by atoms with E-state index in [1.807, 2.05) is 0 Å². The Labute approximate surface area is 110 Å². The predicted octanol–water partition coefficient (Wildman–Crippen LogP) is 2.51. The standard InChI is InChI=1S/C12H11Cl2NO2/c1-3-6-15-12(16)8(2)17-9-4-5-10(13)11(14)7-9/h1,4-5,7-8H,6H2,2H3,(H,15,16). The van der Waals surface area contributed by atoms with Crippen molar-refractivity contribution in [3.05, 3.63) is 28.2 Å². The lowest BCUT2D eigenvalue weighted by Gasteiger charge is -2.14. The summed E-state index contributed by atoms with van der Waals surface area (Å²) in [6.07, 6.45) is 4.38. The van der Waals surface area contributed by atoms with Crippen LogP contribution in [0.2, 0.25) is 10.0 Å². The maximum absolute atomic E-state index is 11.5. The van der Waals surface area contributed by atoms with Gasteiger partial charge in [0.25, 0.3) is 5.91 Å². The topological polar surface area (TPSA) is 38.3 Å². The number of ether oxygens (including phenoxy) is 1. The van der Waals surface area contributed by atoms with E-state index in [9.17, 15) is 4.79 Å². The molecular weight excluding hydrogens is 261 g/mol. The highest BCUT2D eigenvalue weighted by molar-refractivity contribution is 6.42. The van der Waals surface area contributed by atoms with E-state index < -0.39 is 6.10 Å². The van der Waals surface area contributed by atoms with Gasteiger partial charge in [-0.1, -0.05) is 29.1 Å². The van der Waals surface area contributed by atoms with Crippen molar-refractivity contribution in [3.8, 4) is 18.1 Å². The van der Waals surface area contributed by atoms with Crippen LogP contribution in [0.15, 0.2) is 18.2 Å². The first-order valence-electron chi connectivity index (χ1n) is 4.87. The van der Waals surface area contributed by atoms with Crippen LogP contribution < -0.4 is 10.1 Å². The summed E-state index contributed by atoms with van der Waals surface area (Å²) in [5.74, 6) is 2.50. The summed E-state index contributed by atoms with van der Waals surface area (Å²) in [5, 5.41) is 3.33. The molecule has 3 nitrogen and oxygen atoms in total. The molecule has 1 atom stereocenters. The van der Waals surface area contributed by atoms with Crippen molar-refractivity contribution in [2.24, 2.45) is 0 Å². The number of benzene rings is 1. The average molecular weight is 272 g/mol. The Hall–Kier alpha value is -1.37. The van der Waals surface area contributed by atoms with E-state index in [4.69, 9.17) is 34.4 Å². The summed E-state index contributed by atoms with van der Waals surface area (Å²) in [6, 6.07) is 4.79. The number of hydrogen-bond acceptors (Lipinski definition) is 2. The molecule has 0 heterocycles. The van der Waals surface area contributed by atoms with E-state index in [-0.39, 0.29) is 12.5 Å². The van der Waals surface area contributed by atoms with Crippen molar-refractivity contribution < 1.29 is 9.53 Å². The minimum atomic E-state index is -0.652. The third-order valence-corrected chi connectivity index (χ3v) is 2.68. The van der Waals surface area contributed by atoms with Crippen LogP contribution in [0.1, 0.15) is 6.92 Å². The fourth-order valence-corrected chi connectivity index (χ4v) is 1.38. The van der Waals surface area contributed by atoms with Crippen molar-refractivity contribution in [1.29, 1.82) is 0 Å². The first-order valence-corrected chi connectivity index (χ1v) is 5.63. The van der Waals surface area contributed by atoms with E-state index in [0.717, 1.165) is 0 Å². The highest BCUT2D eigenvalue weighted by Gasteiger charge is 2.14. The number of terminal acetylenes is 1. The molecule has 0 fully saturated rings. The number of carbonyl (C=O) groups is 1. The number of rotatable bonds is 4. The summed E-state index contributed by atoms with van der Waals surface area (Å²) < 4.78 is 5.39. The molecule has 5 heteroatoms. The number of carbonyl (C=O) groups excluding carboxylic acids is 1. The van der Waals surface area contributed by atoms with Crippen LogP contribution in [0.5, 0.6) is 5.75 Å². The van der Waals surface area contributed by atoms with Gasteiger partial charge in [-0.2, -0.15) is 0 Å². The van der Waals surface area contributed by atoms with Gasteiger partial charge in [0.1, 0.15) is 5.75 Å². The predicted molar refractivity (Wildman–Crippen MR) is 68.4 cm³/mol. The summed E-state index contributed by atoms with van der Waals surface area (Å²) in [7, 11) is 0. The van der Waals surface area contributed by atoms with Crippen molar-refractivity contribution in [2.45, 2.75) is 13.0 Å². The molecule has 0 aliphatic rings. The van der Waals surface area contributed by atoms with Gasteiger partial charge in [-0.15, -0.1) is 6.42 Å². The zero-order valence-electron chi connectivity index (χ0n) is 9.17. The van der Waals surface area contributed by atoms with Gasteiger partial charge < -0.3 is 10.1 Å². The summed E-state index contributed by atoms with van der Waals surface area (Å²) in [5.41, 5.74) is 0. The monoisotopic (exact) mass is 271 g/mol. The van der Waals surface area contributed by atoms with Crippen molar-refractivity contribution in [3.63, 3.8) is 0 Å². The van der Waals surface area contributed by atoms with Gasteiger partial charge in [-0.3, -0.25) is 4.79 Å². The van der Waals surface area contributed by atoms with Crippen LogP contribution in [-0.2, 0) is 4.79 Å². The van der Waals surface area contributed by atoms with Crippen LogP contribution in [-0.4, -0.2) is 18.6 Å². The van der Waals surface area contributed by atoms with Crippen molar-refractivity contribution in [2.75, 3.05) is 6.54 Å².